The van der Waals surface area contributed by atoms with Crippen LogP contribution in [-0.2, 0) is 6.18 Å². The Morgan fingerprint density at radius 3 is 2.33 bits per heavy atom. The molecule has 0 aliphatic carbocycles. The summed E-state index contributed by atoms with van der Waals surface area (Å²) in [4.78, 5) is 16.7. The van der Waals surface area contributed by atoms with Crippen molar-refractivity contribution in [1.29, 1.82) is 0 Å². The Morgan fingerprint density at radius 1 is 1.10 bits per heavy atom. The van der Waals surface area contributed by atoms with Gasteiger partial charge in [0.05, 0.1) is 11.5 Å². The highest BCUT2D eigenvalue weighted by Crippen LogP contribution is 2.38. The minimum atomic E-state index is -4.80. The van der Waals surface area contributed by atoms with E-state index in [-0.39, 0.29) is 11.7 Å². The summed E-state index contributed by atoms with van der Waals surface area (Å²) in [6.07, 6.45) is -1.23. The molecule has 1 N–H and O–H groups in total. The van der Waals surface area contributed by atoms with E-state index in [9.17, 15) is 23.3 Å². The molecule has 4 rings (SSSR count). The molecule has 0 bridgehead atoms. The summed E-state index contributed by atoms with van der Waals surface area (Å²) in [5.41, 5.74) is -0.741. The number of hydrogen-bond acceptors (Lipinski definition) is 6. The minimum absolute atomic E-state index is 0.0428. The second kappa shape index (κ2) is 12.9. The molecule has 0 spiro atoms. The Kier molecular flexibility index (Phi) is 9.60. The summed E-state index contributed by atoms with van der Waals surface area (Å²) in [7, 11) is 2.03. The lowest BCUT2D eigenvalue weighted by atomic mass is 9.96. The molecule has 2 fully saturated rings. The molecule has 0 atom stereocenters. The molecule has 40 heavy (non-hydrogen) atoms. The van der Waals surface area contributed by atoms with Crippen molar-refractivity contribution in [3.05, 3.63) is 58.1 Å². The maximum absolute atomic E-state index is 13.3. The number of likely N-dealkylation sites (tertiary alicyclic amines) is 1. The van der Waals surface area contributed by atoms with Crippen molar-refractivity contribution < 1.29 is 22.8 Å². The van der Waals surface area contributed by atoms with E-state index in [4.69, 9.17) is 17.0 Å². The van der Waals surface area contributed by atoms with Crippen LogP contribution in [0.2, 0.25) is 0 Å². The van der Waals surface area contributed by atoms with Crippen molar-refractivity contribution >= 4 is 34.4 Å². The van der Waals surface area contributed by atoms with Crippen molar-refractivity contribution in [3.8, 4) is 5.75 Å². The highest BCUT2D eigenvalue weighted by Gasteiger charge is 2.38. The van der Waals surface area contributed by atoms with E-state index in [1.165, 1.54) is 11.8 Å². The van der Waals surface area contributed by atoms with Gasteiger partial charge < -0.3 is 24.8 Å². The molecule has 0 amide bonds. The molecule has 0 unspecified atom stereocenters. The van der Waals surface area contributed by atoms with Crippen molar-refractivity contribution in [2.24, 2.45) is 5.92 Å². The number of hydrogen-bond donors (Lipinski definition) is 1. The number of piperidine rings is 2. The van der Waals surface area contributed by atoms with Crippen LogP contribution in [-0.4, -0.2) is 72.3 Å². The third-order valence-electron chi connectivity index (χ3n) is 7.62. The normalized spacial score (nSPS) is 17.0. The lowest BCUT2D eigenvalue weighted by Gasteiger charge is -2.40. The van der Waals surface area contributed by atoms with Gasteiger partial charge in [-0.25, -0.2) is 0 Å². The standard InChI is InChI=1S/C28H36F3N5O3S/c1-3-39-24-7-5-23(6-8-24)34-14-10-20(11-15-34)19-33(2)27(40)35-16-12-21(13-17-35)32-22-4-9-26(36(37)38)25(18-22)28(29,30)31/h4-9,18,20-21,32H,3,10-17,19H2,1-2H3. The average molecular weight is 580 g/mol. The maximum Gasteiger partial charge on any atom is 0.423 e. The van der Waals surface area contributed by atoms with Crippen LogP contribution in [0.25, 0.3) is 0 Å². The zero-order valence-electron chi connectivity index (χ0n) is 22.8. The molecule has 0 aromatic heterocycles. The van der Waals surface area contributed by atoms with Gasteiger partial charge in [-0.1, -0.05) is 0 Å². The van der Waals surface area contributed by atoms with Crippen molar-refractivity contribution in [3.63, 3.8) is 0 Å². The summed E-state index contributed by atoms with van der Waals surface area (Å²) in [5, 5.41) is 14.9. The van der Waals surface area contributed by atoms with Gasteiger partial charge in [0.2, 0.25) is 0 Å². The second-order valence-electron chi connectivity index (χ2n) is 10.4. The van der Waals surface area contributed by atoms with E-state index < -0.39 is 22.4 Å². The number of alkyl halides is 3. The quantitative estimate of drug-likeness (QED) is 0.231. The van der Waals surface area contributed by atoms with Crippen LogP contribution in [0.3, 0.4) is 0 Å². The third-order valence-corrected chi connectivity index (χ3v) is 8.19. The van der Waals surface area contributed by atoms with Gasteiger partial charge in [-0.05, 0) is 87.1 Å². The Morgan fingerprint density at radius 2 is 1.75 bits per heavy atom. The van der Waals surface area contributed by atoms with E-state index in [0.29, 0.717) is 38.5 Å². The first-order valence-electron chi connectivity index (χ1n) is 13.6. The van der Waals surface area contributed by atoms with E-state index in [2.05, 4.69) is 32.1 Å². The van der Waals surface area contributed by atoms with Crippen molar-refractivity contribution in [1.82, 2.24) is 9.80 Å². The first-order valence-corrected chi connectivity index (χ1v) is 14.1. The summed E-state index contributed by atoms with van der Waals surface area (Å²) in [6, 6.07) is 11.3. The fourth-order valence-electron chi connectivity index (χ4n) is 5.46. The molecule has 2 aliphatic rings. The largest absolute Gasteiger partial charge is 0.494 e. The van der Waals surface area contributed by atoms with Crippen LogP contribution in [0.15, 0.2) is 42.5 Å². The van der Waals surface area contributed by atoms with Crippen molar-refractivity contribution in [2.45, 2.75) is 44.8 Å². The predicted molar refractivity (Wildman–Crippen MR) is 154 cm³/mol. The molecule has 8 nitrogen and oxygen atoms in total. The Hall–Kier alpha value is -3.28. The fourth-order valence-corrected chi connectivity index (χ4v) is 5.72. The molecule has 0 radical (unpaired) electrons. The number of nitrogens with zero attached hydrogens (tertiary/aromatic N) is 4. The number of nitrogens with one attached hydrogen (secondary N) is 1. The zero-order valence-corrected chi connectivity index (χ0v) is 23.6. The van der Waals surface area contributed by atoms with Crippen LogP contribution in [0.1, 0.15) is 38.2 Å². The second-order valence-corrected chi connectivity index (χ2v) is 10.8. The minimum Gasteiger partial charge on any atom is -0.494 e. The number of ether oxygens (including phenoxy) is 1. The molecule has 2 aromatic rings. The van der Waals surface area contributed by atoms with E-state index in [0.717, 1.165) is 55.5 Å². The van der Waals surface area contributed by atoms with E-state index in [1.807, 2.05) is 26.1 Å². The number of nitro benzene ring substituents is 1. The number of benzene rings is 2. The summed E-state index contributed by atoms with van der Waals surface area (Å²) >= 11 is 5.78. The summed E-state index contributed by atoms with van der Waals surface area (Å²) in [5.74, 6) is 1.43. The number of anilines is 2. The highest BCUT2D eigenvalue weighted by molar-refractivity contribution is 7.80. The first kappa shape index (κ1) is 29.7. The van der Waals surface area contributed by atoms with Crippen LogP contribution < -0.4 is 15.0 Å². The Bertz CT molecular complexity index is 1160. The Balaban J connectivity index is 1.22. The van der Waals surface area contributed by atoms with Crippen molar-refractivity contribution in [2.75, 3.05) is 56.6 Å². The lowest BCUT2D eigenvalue weighted by Crippen LogP contribution is -2.49. The third kappa shape index (κ3) is 7.47. The molecule has 0 saturated carbocycles. The van der Waals surface area contributed by atoms with Gasteiger partial charge in [-0.15, -0.1) is 0 Å². The molecule has 2 saturated heterocycles. The SMILES string of the molecule is CCOc1ccc(N2CCC(CN(C)C(=S)N3CCC(Nc4ccc([N+](=O)[O-])c(C(F)(F)F)c4)CC3)CC2)cc1. The number of thiocarbonyl (C=S) groups is 1. The van der Waals surface area contributed by atoms with Gasteiger partial charge in [0.1, 0.15) is 11.3 Å². The molecular formula is C28H36F3N5O3S. The smallest absolute Gasteiger partial charge is 0.423 e. The highest BCUT2D eigenvalue weighted by atomic mass is 32.1. The average Bonchev–Trinajstić information content (AvgIpc) is 2.93. The van der Waals surface area contributed by atoms with Gasteiger partial charge in [0, 0.05) is 63.3 Å². The monoisotopic (exact) mass is 579 g/mol. The van der Waals surface area contributed by atoms with Crippen LogP contribution in [0.5, 0.6) is 5.75 Å². The topological polar surface area (TPSA) is 74.1 Å². The van der Waals surface area contributed by atoms with Gasteiger partial charge in [-0.2, -0.15) is 13.2 Å². The van der Waals surface area contributed by atoms with Gasteiger partial charge in [0.15, 0.2) is 5.11 Å². The molecule has 2 heterocycles. The van der Waals surface area contributed by atoms with E-state index >= 15 is 0 Å². The lowest BCUT2D eigenvalue weighted by molar-refractivity contribution is -0.388. The van der Waals surface area contributed by atoms with Gasteiger partial charge in [-0.3, -0.25) is 10.1 Å². The van der Waals surface area contributed by atoms with Gasteiger partial charge >= 0.3 is 6.18 Å². The molecule has 218 valence electrons. The fraction of sp³-hybridized carbons (Fsp3) is 0.536. The molecule has 2 aliphatic heterocycles. The van der Waals surface area contributed by atoms with E-state index in [1.54, 1.807) is 0 Å². The Labute approximate surface area is 238 Å². The van der Waals surface area contributed by atoms with Crippen LogP contribution in [0, 0.1) is 16.0 Å². The number of halogens is 3. The first-order chi connectivity index (χ1) is 19.0. The van der Waals surface area contributed by atoms with Crippen LogP contribution >= 0.6 is 12.2 Å². The summed E-state index contributed by atoms with van der Waals surface area (Å²) in [6.45, 7) is 6.89. The predicted octanol–water partition coefficient (Wildman–Crippen LogP) is 6.02. The molecule has 2 aromatic carbocycles. The number of nitro groups is 1. The zero-order chi connectivity index (χ0) is 28.9. The summed E-state index contributed by atoms with van der Waals surface area (Å²) < 4.78 is 45.5. The molecule has 12 heteroatoms. The van der Waals surface area contributed by atoms with Gasteiger partial charge in [0.25, 0.3) is 5.69 Å². The maximum atomic E-state index is 13.3. The van der Waals surface area contributed by atoms with Crippen LogP contribution in [0.4, 0.5) is 30.2 Å². The molecular weight excluding hydrogens is 543 g/mol. The number of rotatable bonds is 8.